The molecule has 4 aromatic rings. The van der Waals surface area contributed by atoms with Gasteiger partial charge in [0, 0.05) is 63.2 Å². The summed E-state index contributed by atoms with van der Waals surface area (Å²) < 4.78 is 10.6. The van der Waals surface area contributed by atoms with Gasteiger partial charge in [-0.2, -0.15) is 5.10 Å². The molecule has 0 aliphatic rings. The molecule has 8 heteroatoms. The van der Waals surface area contributed by atoms with Crippen LogP contribution in [0.15, 0.2) is 54.4 Å². The third-order valence-corrected chi connectivity index (χ3v) is 5.08. The van der Waals surface area contributed by atoms with E-state index in [1.807, 2.05) is 50.6 Å². The summed E-state index contributed by atoms with van der Waals surface area (Å²) in [5, 5.41) is 5.08. The maximum absolute atomic E-state index is 13.1. The Labute approximate surface area is 173 Å². The molecule has 3 heterocycles. The van der Waals surface area contributed by atoms with E-state index in [1.165, 1.54) is 0 Å². The Morgan fingerprint density at radius 1 is 1.23 bits per heavy atom. The van der Waals surface area contributed by atoms with Crippen molar-refractivity contribution in [3.05, 3.63) is 65.6 Å². The molecule has 4 rings (SSSR count). The number of hydrogen-bond acceptors (Lipinski definition) is 5. The fraction of sp³-hybridized carbons (Fsp3) is 0.227. The molecule has 0 radical (unpaired) electrons. The summed E-state index contributed by atoms with van der Waals surface area (Å²) in [6, 6.07) is 3.90. The van der Waals surface area contributed by atoms with E-state index >= 15 is 0 Å². The van der Waals surface area contributed by atoms with Crippen molar-refractivity contribution in [2.24, 2.45) is 14.1 Å². The highest BCUT2D eigenvalue weighted by molar-refractivity contribution is 6.05. The van der Waals surface area contributed by atoms with E-state index in [4.69, 9.17) is 4.74 Å². The number of allylic oxidation sites excluding steroid dienone is 2. The van der Waals surface area contributed by atoms with E-state index in [1.54, 1.807) is 46.4 Å². The maximum Gasteiger partial charge on any atom is 0.333 e. The van der Waals surface area contributed by atoms with Gasteiger partial charge in [-0.3, -0.25) is 18.8 Å². The first kappa shape index (κ1) is 19.5. The van der Waals surface area contributed by atoms with Crippen molar-refractivity contribution < 1.29 is 4.74 Å². The number of nitrogens with zero attached hydrogens (tertiary/aromatic N) is 6. The van der Waals surface area contributed by atoms with E-state index in [9.17, 15) is 4.79 Å². The Morgan fingerprint density at radius 3 is 2.60 bits per heavy atom. The number of pyridine rings is 1. The molecule has 0 unspecified atom stereocenters. The standard InChI is InChI=1S/C22H24N6O2/c1-7-14(12-25(2)3)16-8-17-18(9-20(16)30-6)23-11-19-21(17)28(22(29)27(19)5)15-10-24-26(4)13-15/h7-13H,1H2,2-6H3/b14-12+. The van der Waals surface area contributed by atoms with Gasteiger partial charge in [-0.1, -0.05) is 12.7 Å². The number of fused-ring (bicyclic) bond motifs is 3. The molecule has 0 aliphatic carbocycles. The number of hydrogen-bond donors (Lipinski definition) is 0. The topological polar surface area (TPSA) is 70.1 Å². The molecule has 0 atom stereocenters. The summed E-state index contributed by atoms with van der Waals surface area (Å²) in [6.07, 6.45) is 8.98. The Morgan fingerprint density at radius 2 is 2.00 bits per heavy atom. The maximum atomic E-state index is 13.1. The zero-order chi connectivity index (χ0) is 21.6. The Bertz CT molecular complexity index is 1370. The molecule has 0 aliphatic heterocycles. The lowest BCUT2D eigenvalue weighted by Gasteiger charge is -2.14. The van der Waals surface area contributed by atoms with Crippen molar-refractivity contribution in [2.45, 2.75) is 0 Å². The summed E-state index contributed by atoms with van der Waals surface area (Å²) >= 11 is 0. The Balaban J connectivity index is 2.16. The second-order valence-corrected chi connectivity index (χ2v) is 7.36. The fourth-order valence-electron chi connectivity index (χ4n) is 3.69. The van der Waals surface area contributed by atoms with Gasteiger partial charge in [0.15, 0.2) is 0 Å². The minimum Gasteiger partial charge on any atom is -0.496 e. The number of aromatic nitrogens is 5. The highest BCUT2D eigenvalue weighted by Gasteiger charge is 2.19. The van der Waals surface area contributed by atoms with Crippen molar-refractivity contribution in [3.8, 4) is 11.4 Å². The van der Waals surface area contributed by atoms with Crippen molar-refractivity contribution >= 4 is 27.5 Å². The van der Waals surface area contributed by atoms with Crippen molar-refractivity contribution in [3.63, 3.8) is 0 Å². The lowest BCUT2D eigenvalue weighted by molar-refractivity contribution is 0.414. The zero-order valence-electron chi connectivity index (χ0n) is 17.7. The van der Waals surface area contributed by atoms with Crippen LogP contribution in [-0.4, -0.2) is 50.0 Å². The molecule has 0 N–H and O–H groups in total. The van der Waals surface area contributed by atoms with Crippen LogP contribution in [0, 0.1) is 0 Å². The first-order valence-corrected chi connectivity index (χ1v) is 9.44. The zero-order valence-corrected chi connectivity index (χ0v) is 17.7. The van der Waals surface area contributed by atoms with E-state index in [0.717, 1.165) is 33.1 Å². The first-order chi connectivity index (χ1) is 14.3. The van der Waals surface area contributed by atoms with Crippen LogP contribution in [0.25, 0.3) is 33.2 Å². The molecule has 1 aromatic carbocycles. The molecule has 0 spiro atoms. The molecule has 0 saturated carbocycles. The van der Waals surface area contributed by atoms with Crippen molar-refractivity contribution in [2.75, 3.05) is 21.2 Å². The number of benzene rings is 1. The van der Waals surface area contributed by atoms with Crippen LogP contribution in [0.2, 0.25) is 0 Å². The predicted molar refractivity (Wildman–Crippen MR) is 119 cm³/mol. The summed E-state index contributed by atoms with van der Waals surface area (Å²) in [5.41, 5.74) is 4.57. The van der Waals surface area contributed by atoms with E-state index < -0.39 is 0 Å². The van der Waals surface area contributed by atoms with Gasteiger partial charge < -0.3 is 9.64 Å². The van der Waals surface area contributed by atoms with Crippen LogP contribution < -0.4 is 10.4 Å². The highest BCUT2D eigenvalue weighted by Crippen LogP contribution is 2.34. The summed E-state index contributed by atoms with van der Waals surface area (Å²) in [6.45, 7) is 3.96. The minimum atomic E-state index is -0.155. The van der Waals surface area contributed by atoms with Gasteiger partial charge in [0.2, 0.25) is 0 Å². The fourth-order valence-corrected chi connectivity index (χ4v) is 3.69. The van der Waals surface area contributed by atoms with Gasteiger partial charge in [0.25, 0.3) is 0 Å². The normalized spacial score (nSPS) is 12.0. The van der Waals surface area contributed by atoms with Gasteiger partial charge in [0.1, 0.15) is 5.75 Å². The van der Waals surface area contributed by atoms with Crippen LogP contribution in [-0.2, 0) is 14.1 Å². The number of rotatable bonds is 5. The molecule has 8 nitrogen and oxygen atoms in total. The minimum absolute atomic E-state index is 0.155. The molecule has 0 fully saturated rings. The SMILES string of the molecule is C=C/C(=C\N(C)C)c1cc2c(cc1OC)ncc1c2n(-c2cnn(C)c2)c(=O)n1C. The van der Waals surface area contributed by atoms with Gasteiger partial charge in [-0.25, -0.2) is 4.79 Å². The van der Waals surface area contributed by atoms with Crippen LogP contribution in [0.5, 0.6) is 5.75 Å². The van der Waals surface area contributed by atoms with Crippen LogP contribution in [0.3, 0.4) is 0 Å². The van der Waals surface area contributed by atoms with E-state index in [2.05, 4.69) is 16.7 Å². The molecule has 30 heavy (non-hydrogen) atoms. The summed E-state index contributed by atoms with van der Waals surface area (Å²) in [5.74, 6) is 0.688. The van der Waals surface area contributed by atoms with Gasteiger partial charge >= 0.3 is 5.69 Å². The number of imidazole rings is 1. The molecule has 0 amide bonds. The van der Waals surface area contributed by atoms with Gasteiger partial charge in [-0.15, -0.1) is 0 Å². The lowest BCUT2D eigenvalue weighted by Crippen LogP contribution is -2.20. The largest absolute Gasteiger partial charge is 0.496 e. The van der Waals surface area contributed by atoms with E-state index in [0.29, 0.717) is 11.4 Å². The number of ether oxygens (including phenoxy) is 1. The smallest absolute Gasteiger partial charge is 0.333 e. The Kier molecular flexibility index (Phi) is 4.69. The molecular formula is C22H24N6O2. The quantitative estimate of drug-likeness (QED) is 0.479. The summed E-state index contributed by atoms with van der Waals surface area (Å²) in [4.78, 5) is 19.6. The van der Waals surface area contributed by atoms with Crippen molar-refractivity contribution in [1.29, 1.82) is 0 Å². The summed E-state index contributed by atoms with van der Waals surface area (Å²) in [7, 11) is 9.11. The van der Waals surface area contributed by atoms with Crippen molar-refractivity contribution in [1.82, 2.24) is 28.8 Å². The Hall–Kier alpha value is -3.81. The number of methoxy groups -OCH3 is 1. The molecular weight excluding hydrogens is 380 g/mol. The third-order valence-electron chi connectivity index (χ3n) is 5.08. The van der Waals surface area contributed by atoms with Crippen LogP contribution in [0.4, 0.5) is 0 Å². The van der Waals surface area contributed by atoms with Gasteiger partial charge in [0.05, 0.1) is 41.7 Å². The lowest BCUT2D eigenvalue weighted by atomic mass is 10.0. The van der Waals surface area contributed by atoms with Gasteiger partial charge in [-0.05, 0) is 6.07 Å². The monoisotopic (exact) mass is 404 g/mol. The molecule has 154 valence electrons. The average Bonchev–Trinajstić information content (AvgIpc) is 3.26. The highest BCUT2D eigenvalue weighted by atomic mass is 16.5. The first-order valence-electron chi connectivity index (χ1n) is 9.44. The number of aryl methyl sites for hydroxylation is 2. The van der Waals surface area contributed by atoms with E-state index in [-0.39, 0.29) is 5.69 Å². The predicted octanol–water partition coefficient (Wildman–Crippen LogP) is 2.71. The molecule has 0 bridgehead atoms. The second kappa shape index (κ2) is 7.22. The molecule has 3 aromatic heterocycles. The van der Waals surface area contributed by atoms with Crippen LogP contribution >= 0.6 is 0 Å². The van der Waals surface area contributed by atoms with Crippen LogP contribution in [0.1, 0.15) is 5.56 Å². The average molecular weight is 404 g/mol. The third kappa shape index (κ3) is 2.97. The second-order valence-electron chi connectivity index (χ2n) is 7.36. The molecule has 0 saturated heterocycles.